The third kappa shape index (κ3) is 2.29. The first-order valence-electron chi connectivity index (χ1n) is 5.27. The topological polar surface area (TPSA) is 66.8 Å². The van der Waals surface area contributed by atoms with Gasteiger partial charge in [0.1, 0.15) is 11.9 Å². The van der Waals surface area contributed by atoms with Gasteiger partial charge < -0.3 is 9.84 Å². The molecule has 0 aliphatic carbocycles. The van der Waals surface area contributed by atoms with Crippen LogP contribution in [0.2, 0.25) is 0 Å². The molecule has 2 amide bonds. The minimum Gasteiger partial charge on any atom is -0.497 e. The Morgan fingerprint density at radius 2 is 2.00 bits per heavy atom. The number of nitrogens with zero attached hydrogens (tertiary/aromatic N) is 1. The van der Waals surface area contributed by atoms with E-state index in [9.17, 15) is 14.7 Å². The molecule has 1 fully saturated rings. The van der Waals surface area contributed by atoms with Gasteiger partial charge in [-0.3, -0.25) is 14.5 Å². The summed E-state index contributed by atoms with van der Waals surface area (Å²) in [5.74, 6) is -0.142. The van der Waals surface area contributed by atoms with Crippen LogP contribution < -0.4 is 4.74 Å². The smallest absolute Gasteiger partial charge is 0.258 e. The molecule has 90 valence electrons. The first-order chi connectivity index (χ1) is 8.11. The van der Waals surface area contributed by atoms with E-state index < -0.39 is 12.0 Å². The van der Waals surface area contributed by atoms with Crippen LogP contribution in [0.5, 0.6) is 5.75 Å². The molecule has 1 aliphatic rings. The number of aliphatic hydroxyl groups is 1. The first kappa shape index (κ1) is 11.6. The fraction of sp³-hybridized carbons (Fsp3) is 0.333. The highest BCUT2D eigenvalue weighted by molar-refractivity contribution is 6.04. The van der Waals surface area contributed by atoms with Gasteiger partial charge in [-0.25, -0.2) is 0 Å². The molecular formula is C12H13NO4. The van der Waals surface area contributed by atoms with Crippen molar-refractivity contribution >= 4 is 11.8 Å². The lowest BCUT2D eigenvalue weighted by Crippen LogP contribution is -2.31. The van der Waals surface area contributed by atoms with Crippen molar-refractivity contribution in [3.8, 4) is 5.75 Å². The summed E-state index contributed by atoms with van der Waals surface area (Å²) >= 11 is 0. The van der Waals surface area contributed by atoms with Crippen LogP contribution in [0.3, 0.4) is 0 Å². The summed E-state index contributed by atoms with van der Waals surface area (Å²) in [7, 11) is 1.57. The number of amides is 2. The minimum atomic E-state index is -1.18. The summed E-state index contributed by atoms with van der Waals surface area (Å²) in [6, 6.07) is 7.09. The zero-order valence-corrected chi connectivity index (χ0v) is 9.42. The van der Waals surface area contributed by atoms with E-state index >= 15 is 0 Å². The number of imide groups is 1. The highest BCUT2D eigenvalue weighted by atomic mass is 16.5. The van der Waals surface area contributed by atoms with Crippen molar-refractivity contribution in [2.45, 2.75) is 19.1 Å². The van der Waals surface area contributed by atoms with Crippen LogP contribution in [0.1, 0.15) is 12.0 Å². The van der Waals surface area contributed by atoms with E-state index in [1.165, 1.54) is 0 Å². The quantitative estimate of drug-likeness (QED) is 0.766. The number of carbonyl (C=O) groups is 2. The van der Waals surface area contributed by atoms with Gasteiger partial charge in [-0.15, -0.1) is 0 Å². The molecule has 1 N–H and O–H groups in total. The van der Waals surface area contributed by atoms with Crippen LogP contribution >= 0.6 is 0 Å². The van der Waals surface area contributed by atoms with E-state index in [-0.39, 0.29) is 18.9 Å². The van der Waals surface area contributed by atoms with Gasteiger partial charge in [-0.05, 0) is 17.7 Å². The van der Waals surface area contributed by atoms with Crippen molar-refractivity contribution in [3.05, 3.63) is 29.8 Å². The molecule has 1 aromatic carbocycles. The molecule has 0 saturated carbocycles. The van der Waals surface area contributed by atoms with Crippen LogP contribution in [0.25, 0.3) is 0 Å². The van der Waals surface area contributed by atoms with Crippen molar-refractivity contribution in [3.63, 3.8) is 0 Å². The molecule has 1 heterocycles. The van der Waals surface area contributed by atoms with Gasteiger partial charge in [0.15, 0.2) is 0 Å². The van der Waals surface area contributed by atoms with Crippen molar-refractivity contribution in [2.75, 3.05) is 7.11 Å². The van der Waals surface area contributed by atoms with Crippen molar-refractivity contribution < 1.29 is 19.4 Å². The summed E-state index contributed by atoms with van der Waals surface area (Å²) in [5, 5.41) is 9.27. The molecular weight excluding hydrogens is 222 g/mol. The first-order valence-corrected chi connectivity index (χ1v) is 5.27. The zero-order valence-electron chi connectivity index (χ0n) is 9.42. The van der Waals surface area contributed by atoms with Gasteiger partial charge in [0.05, 0.1) is 20.1 Å². The largest absolute Gasteiger partial charge is 0.497 e. The number of hydrogen-bond donors (Lipinski definition) is 1. The molecule has 2 rings (SSSR count). The Hall–Kier alpha value is -1.88. The lowest BCUT2D eigenvalue weighted by atomic mass is 10.2. The predicted molar refractivity (Wildman–Crippen MR) is 59.2 cm³/mol. The van der Waals surface area contributed by atoms with Crippen LogP contribution in [0, 0.1) is 0 Å². The number of hydrogen-bond acceptors (Lipinski definition) is 4. The normalized spacial score (nSPS) is 19.9. The number of methoxy groups -OCH3 is 1. The Morgan fingerprint density at radius 3 is 2.47 bits per heavy atom. The molecule has 1 aromatic rings. The van der Waals surface area contributed by atoms with E-state index in [4.69, 9.17) is 4.74 Å². The predicted octanol–water partition coefficient (Wildman–Crippen LogP) is 0.315. The number of rotatable bonds is 3. The summed E-state index contributed by atoms with van der Waals surface area (Å²) in [6.45, 7) is 0.193. The molecule has 17 heavy (non-hydrogen) atoms. The van der Waals surface area contributed by atoms with E-state index in [2.05, 4.69) is 0 Å². The van der Waals surface area contributed by atoms with Crippen LogP contribution in [-0.2, 0) is 16.1 Å². The van der Waals surface area contributed by atoms with Gasteiger partial charge in [0, 0.05) is 0 Å². The Balaban J connectivity index is 2.10. The summed E-state index contributed by atoms with van der Waals surface area (Å²) < 4.78 is 5.01. The van der Waals surface area contributed by atoms with Gasteiger partial charge in [0.25, 0.3) is 5.91 Å². The van der Waals surface area contributed by atoms with Crippen molar-refractivity contribution in [2.24, 2.45) is 0 Å². The molecule has 5 nitrogen and oxygen atoms in total. The molecule has 0 radical (unpaired) electrons. The Bertz CT molecular complexity index is 440. The third-order valence-electron chi connectivity index (χ3n) is 2.72. The maximum atomic E-state index is 11.5. The average molecular weight is 235 g/mol. The van der Waals surface area contributed by atoms with E-state index in [1.54, 1.807) is 31.4 Å². The van der Waals surface area contributed by atoms with E-state index in [1.807, 2.05) is 0 Å². The molecule has 1 saturated heterocycles. The monoisotopic (exact) mass is 235 g/mol. The molecule has 5 heteroatoms. The standard InChI is InChI=1S/C12H13NO4/c1-17-9-4-2-8(3-5-9)7-13-11(15)6-10(14)12(13)16/h2-5,10,14H,6-7H2,1H3/t10-/m1/s1. The number of benzene rings is 1. The number of carbonyl (C=O) groups excluding carboxylic acids is 2. The van der Waals surface area contributed by atoms with Gasteiger partial charge in [-0.2, -0.15) is 0 Å². The maximum Gasteiger partial charge on any atom is 0.258 e. The summed E-state index contributed by atoms with van der Waals surface area (Å²) in [6.07, 6.45) is -1.30. The van der Waals surface area contributed by atoms with Crippen molar-refractivity contribution in [1.29, 1.82) is 0 Å². The number of aliphatic hydroxyl groups excluding tert-OH is 1. The molecule has 0 bridgehead atoms. The number of likely N-dealkylation sites (tertiary alicyclic amines) is 1. The van der Waals surface area contributed by atoms with Crippen LogP contribution in [0.15, 0.2) is 24.3 Å². The molecule has 0 aromatic heterocycles. The summed E-state index contributed by atoms with van der Waals surface area (Å²) in [5.41, 5.74) is 0.821. The van der Waals surface area contributed by atoms with E-state index in [0.29, 0.717) is 5.75 Å². The maximum absolute atomic E-state index is 11.5. The fourth-order valence-electron chi connectivity index (χ4n) is 1.75. The van der Waals surface area contributed by atoms with Crippen LogP contribution in [0.4, 0.5) is 0 Å². The minimum absolute atomic E-state index is 0.116. The van der Waals surface area contributed by atoms with Gasteiger partial charge in [0.2, 0.25) is 5.91 Å². The lowest BCUT2D eigenvalue weighted by molar-refractivity contribution is -0.141. The Morgan fingerprint density at radius 1 is 1.35 bits per heavy atom. The SMILES string of the molecule is COc1ccc(CN2C(=O)C[C@@H](O)C2=O)cc1. The Kier molecular flexibility index (Phi) is 3.10. The van der Waals surface area contributed by atoms with Crippen LogP contribution in [-0.4, -0.2) is 35.0 Å². The highest BCUT2D eigenvalue weighted by Crippen LogP contribution is 2.18. The Labute approximate surface area is 98.6 Å². The molecule has 1 atom stereocenters. The average Bonchev–Trinajstić information content (AvgIpc) is 2.57. The second-order valence-corrected chi connectivity index (χ2v) is 3.89. The number of ether oxygens (including phenoxy) is 1. The molecule has 0 unspecified atom stereocenters. The van der Waals surface area contributed by atoms with Gasteiger partial charge in [-0.1, -0.05) is 12.1 Å². The lowest BCUT2D eigenvalue weighted by Gasteiger charge is -2.14. The van der Waals surface area contributed by atoms with Crippen molar-refractivity contribution in [1.82, 2.24) is 4.90 Å². The van der Waals surface area contributed by atoms with Gasteiger partial charge >= 0.3 is 0 Å². The zero-order chi connectivity index (χ0) is 12.4. The summed E-state index contributed by atoms with van der Waals surface area (Å²) in [4.78, 5) is 24.0. The molecule has 0 spiro atoms. The molecule has 1 aliphatic heterocycles. The van der Waals surface area contributed by atoms with E-state index in [0.717, 1.165) is 10.5 Å². The third-order valence-corrected chi connectivity index (χ3v) is 2.72. The highest BCUT2D eigenvalue weighted by Gasteiger charge is 2.36. The second kappa shape index (κ2) is 4.55. The second-order valence-electron chi connectivity index (χ2n) is 3.89. The fourth-order valence-corrected chi connectivity index (χ4v) is 1.75.